The Kier molecular flexibility index (Phi) is 5.10. The molecule has 4 heteroatoms. The zero-order valence-corrected chi connectivity index (χ0v) is 12.2. The first-order valence-corrected chi connectivity index (χ1v) is 6.73. The average Bonchev–Trinajstić information content (AvgIpc) is 2.46. The molecule has 0 aliphatic carbocycles. The Morgan fingerprint density at radius 2 is 1.47 bits per heavy atom. The van der Waals surface area contributed by atoms with Crippen molar-refractivity contribution in [2.45, 2.75) is 0 Å². The van der Waals surface area contributed by atoms with Gasteiger partial charge in [-0.1, -0.05) is 12.1 Å². The van der Waals surface area contributed by atoms with Gasteiger partial charge in [0.15, 0.2) is 0 Å². The van der Waals surface area contributed by atoms with Crippen LogP contribution in [0.4, 0.5) is 0 Å². The van der Waals surface area contributed by atoms with Gasteiger partial charge in [0.05, 0.1) is 11.6 Å². The van der Waals surface area contributed by atoms with Crippen LogP contribution in [0.1, 0.15) is 0 Å². The van der Waals surface area contributed by atoms with Gasteiger partial charge < -0.3 is 14.2 Å². The molecule has 0 atom stereocenters. The van der Waals surface area contributed by atoms with E-state index in [2.05, 4.69) is 15.9 Å². The summed E-state index contributed by atoms with van der Waals surface area (Å²) in [7, 11) is 1.64. The second kappa shape index (κ2) is 7.04. The quantitative estimate of drug-likeness (QED) is 0.754. The molecule has 0 heterocycles. The third kappa shape index (κ3) is 4.17. The molecule has 0 saturated heterocycles. The summed E-state index contributed by atoms with van der Waals surface area (Å²) < 4.78 is 17.2. The lowest BCUT2D eigenvalue weighted by molar-refractivity contribution is 0.216. The first kappa shape index (κ1) is 13.7. The lowest BCUT2D eigenvalue weighted by Gasteiger charge is -2.09. The molecule has 0 spiro atoms. The average molecular weight is 323 g/mol. The molecule has 0 unspecified atom stereocenters. The Bertz CT molecular complexity index is 511. The zero-order chi connectivity index (χ0) is 13.5. The molecule has 0 aliphatic heterocycles. The number of rotatable bonds is 6. The number of ether oxygens (including phenoxy) is 3. The van der Waals surface area contributed by atoms with Crippen LogP contribution in [0.25, 0.3) is 0 Å². The molecule has 100 valence electrons. The minimum atomic E-state index is 0.494. The van der Waals surface area contributed by atoms with E-state index < -0.39 is 0 Å². The Morgan fingerprint density at radius 3 is 2.16 bits per heavy atom. The van der Waals surface area contributed by atoms with E-state index in [4.69, 9.17) is 14.2 Å². The maximum atomic E-state index is 5.61. The highest BCUT2D eigenvalue weighted by molar-refractivity contribution is 9.10. The molecule has 2 aromatic rings. The Hall–Kier alpha value is -1.68. The van der Waals surface area contributed by atoms with Crippen LogP contribution in [0, 0.1) is 0 Å². The van der Waals surface area contributed by atoms with E-state index in [9.17, 15) is 0 Å². The summed E-state index contributed by atoms with van der Waals surface area (Å²) in [4.78, 5) is 0. The summed E-state index contributed by atoms with van der Waals surface area (Å²) in [6.45, 7) is 0.988. The van der Waals surface area contributed by atoms with Crippen LogP contribution in [0.15, 0.2) is 53.0 Å². The molecule has 3 nitrogen and oxygen atoms in total. The summed E-state index contributed by atoms with van der Waals surface area (Å²) in [5.41, 5.74) is 0. The standard InChI is InChI=1S/C15H15BrO3/c1-17-12-6-8-13(9-7-12)18-10-11-19-15-5-3-2-4-14(15)16/h2-9H,10-11H2,1H3. The van der Waals surface area contributed by atoms with Crippen molar-refractivity contribution in [3.63, 3.8) is 0 Å². The van der Waals surface area contributed by atoms with E-state index in [1.165, 1.54) is 0 Å². The van der Waals surface area contributed by atoms with Crippen molar-refractivity contribution in [1.29, 1.82) is 0 Å². The molecule has 0 saturated carbocycles. The van der Waals surface area contributed by atoms with Crippen LogP contribution < -0.4 is 14.2 Å². The summed E-state index contributed by atoms with van der Waals surface area (Å²) in [6.07, 6.45) is 0. The van der Waals surface area contributed by atoms with E-state index in [1.807, 2.05) is 48.5 Å². The summed E-state index contributed by atoms with van der Waals surface area (Å²) in [6, 6.07) is 15.2. The van der Waals surface area contributed by atoms with Gasteiger partial charge in [-0.15, -0.1) is 0 Å². The van der Waals surface area contributed by atoms with Crippen molar-refractivity contribution >= 4 is 15.9 Å². The minimum Gasteiger partial charge on any atom is -0.497 e. The third-order valence-electron chi connectivity index (χ3n) is 2.51. The molecular weight excluding hydrogens is 308 g/mol. The highest BCUT2D eigenvalue weighted by Crippen LogP contribution is 2.23. The molecule has 0 aliphatic rings. The number of hydrogen-bond donors (Lipinski definition) is 0. The van der Waals surface area contributed by atoms with Crippen LogP contribution in [0.3, 0.4) is 0 Å². The highest BCUT2D eigenvalue weighted by atomic mass is 79.9. The Morgan fingerprint density at radius 1 is 0.842 bits per heavy atom. The second-order valence-corrected chi connectivity index (χ2v) is 4.66. The molecule has 2 rings (SSSR count). The largest absolute Gasteiger partial charge is 0.497 e. The predicted octanol–water partition coefficient (Wildman–Crippen LogP) is 3.92. The van der Waals surface area contributed by atoms with E-state index in [0.717, 1.165) is 21.7 Å². The van der Waals surface area contributed by atoms with Crippen LogP contribution >= 0.6 is 15.9 Å². The van der Waals surface area contributed by atoms with Gasteiger partial charge in [0.25, 0.3) is 0 Å². The fourth-order valence-electron chi connectivity index (χ4n) is 1.54. The molecule has 2 aromatic carbocycles. The monoisotopic (exact) mass is 322 g/mol. The first-order valence-electron chi connectivity index (χ1n) is 5.94. The van der Waals surface area contributed by atoms with Crippen LogP contribution in [-0.2, 0) is 0 Å². The van der Waals surface area contributed by atoms with Crippen molar-refractivity contribution < 1.29 is 14.2 Å². The van der Waals surface area contributed by atoms with Gasteiger partial charge in [-0.05, 0) is 52.3 Å². The van der Waals surface area contributed by atoms with Gasteiger partial charge in [-0.3, -0.25) is 0 Å². The number of benzene rings is 2. The maximum Gasteiger partial charge on any atom is 0.133 e. The van der Waals surface area contributed by atoms with Crippen molar-refractivity contribution in [3.8, 4) is 17.2 Å². The van der Waals surface area contributed by atoms with Crippen molar-refractivity contribution in [1.82, 2.24) is 0 Å². The molecular formula is C15H15BrO3. The molecule has 0 aromatic heterocycles. The zero-order valence-electron chi connectivity index (χ0n) is 10.6. The van der Waals surface area contributed by atoms with Gasteiger partial charge in [-0.2, -0.15) is 0 Å². The van der Waals surface area contributed by atoms with Gasteiger partial charge in [-0.25, -0.2) is 0 Å². The SMILES string of the molecule is COc1ccc(OCCOc2ccccc2Br)cc1. The fourth-order valence-corrected chi connectivity index (χ4v) is 1.94. The molecule has 0 radical (unpaired) electrons. The van der Waals surface area contributed by atoms with Crippen LogP contribution in [0.5, 0.6) is 17.2 Å². The topological polar surface area (TPSA) is 27.7 Å². The highest BCUT2D eigenvalue weighted by Gasteiger charge is 1.99. The first-order chi connectivity index (χ1) is 9.29. The van der Waals surface area contributed by atoms with Gasteiger partial charge in [0, 0.05) is 0 Å². The fraction of sp³-hybridized carbons (Fsp3) is 0.200. The van der Waals surface area contributed by atoms with E-state index in [0.29, 0.717) is 13.2 Å². The van der Waals surface area contributed by atoms with Gasteiger partial charge in [0.2, 0.25) is 0 Å². The summed E-state index contributed by atoms with van der Waals surface area (Å²) >= 11 is 3.43. The van der Waals surface area contributed by atoms with Gasteiger partial charge >= 0.3 is 0 Å². The Labute approximate surface area is 121 Å². The number of hydrogen-bond acceptors (Lipinski definition) is 3. The molecule has 0 amide bonds. The smallest absolute Gasteiger partial charge is 0.133 e. The number of methoxy groups -OCH3 is 1. The molecule has 19 heavy (non-hydrogen) atoms. The van der Waals surface area contributed by atoms with Crippen molar-refractivity contribution in [2.75, 3.05) is 20.3 Å². The summed E-state index contributed by atoms with van der Waals surface area (Å²) in [5, 5.41) is 0. The van der Waals surface area contributed by atoms with Crippen molar-refractivity contribution in [3.05, 3.63) is 53.0 Å². The number of para-hydroxylation sites is 1. The number of halogens is 1. The molecule has 0 bridgehead atoms. The molecule has 0 fully saturated rings. The van der Waals surface area contributed by atoms with Crippen LogP contribution in [0.2, 0.25) is 0 Å². The van der Waals surface area contributed by atoms with Crippen molar-refractivity contribution in [2.24, 2.45) is 0 Å². The summed E-state index contributed by atoms with van der Waals surface area (Å²) in [5.74, 6) is 2.44. The maximum absolute atomic E-state index is 5.61. The molecule has 0 N–H and O–H groups in total. The van der Waals surface area contributed by atoms with Gasteiger partial charge in [0.1, 0.15) is 30.5 Å². The van der Waals surface area contributed by atoms with E-state index in [-0.39, 0.29) is 0 Å². The lowest BCUT2D eigenvalue weighted by atomic mass is 10.3. The lowest BCUT2D eigenvalue weighted by Crippen LogP contribution is -2.09. The Balaban J connectivity index is 1.76. The van der Waals surface area contributed by atoms with Crippen LogP contribution in [-0.4, -0.2) is 20.3 Å². The second-order valence-electron chi connectivity index (χ2n) is 3.80. The third-order valence-corrected chi connectivity index (χ3v) is 3.16. The predicted molar refractivity (Wildman–Crippen MR) is 78.1 cm³/mol. The minimum absolute atomic E-state index is 0.494. The van der Waals surface area contributed by atoms with E-state index in [1.54, 1.807) is 7.11 Å². The normalized spacial score (nSPS) is 10.0. The van der Waals surface area contributed by atoms with E-state index >= 15 is 0 Å².